The summed E-state index contributed by atoms with van der Waals surface area (Å²) in [6, 6.07) is 5.25. The van der Waals surface area contributed by atoms with E-state index in [1.807, 2.05) is 12.1 Å². The standard InChI is InChI=1S/C18H17N7O2.ClH/c26-15-9-14(11-1-5-19-6-2-11)25-17(22-15)13(10-21-25)18-23-16(24-27-18)12-3-7-20-8-4-12;/h3-4,7-11,19H,1-2,5-6H2,(H,22,26);1H. The van der Waals surface area contributed by atoms with Gasteiger partial charge >= 0.3 is 0 Å². The van der Waals surface area contributed by atoms with Crippen molar-refractivity contribution in [1.82, 2.24) is 35.0 Å². The third kappa shape index (κ3) is 3.19. The Morgan fingerprint density at radius 1 is 1.18 bits per heavy atom. The van der Waals surface area contributed by atoms with Gasteiger partial charge in [-0.25, -0.2) is 4.52 Å². The van der Waals surface area contributed by atoms with Crippen molar-refractivity contribution in [3.05, 3.63) is 52.8 Å². The van der Waals surface area contributed by atoms with Gasteiger partial charge in [-0.15, -0.1) is 12.4 Å². The van der Waals surface area contributed by atoms with Crippen molar-refractivity contribution in [2.75, 3.05) is 13.1 Å². The zero-order valence-corrected chi connectivity index (χ0v) is 15.6. The maximum absolute atomic E-state index is 12.3. The first-order chi connectivity index (χ1) is 13.3. The average Bonchev–Trinajstić information content (AvgIpc) is 3.35. The number of rotatable bonds is 3. The lowest BCUT2D eigenvalue weighted by Gasteiger charge is -2.23. The van der Waals surface area contributed by atoms with Gasteiger partial charge in [-0.3, -0.25) is 9.78 Å². The first-order valence-electron chi connectivity index (χ1n) is 8.86. The Morgan fingerprint density at radius 2 is 1.96 bits per heavy atom. The second-order valence-corrected chi connectivity index (χ2v) is 6.56. The third-order valence-corrected chi connectivity index (χ3v) is 4.89. The molecule has 1 fully saturated rings. The minimum atomic E-state index is -0.161. The fourth-order valence-corrected chi connectivity index (χ4v) is 3.53. The molecule has 1 saturated heterocycles. The van der Waals surface area contributed by atoms with Crippen molar-refractivity contribution in [3.63, 3.8) is 0 Å². The first kappa shape index (κ1) is 18.3. The van der Waals surface area contributed by atoms with Crippen LogP contribution in [0.2, 0.25) is 0 Å². The number of nitrogens with one attached hydrogen (secondary N) is 2. The Labute approximate surface area is 165 Å². The molecule has 0 aromatic carbocycles. The molecular weight excluding hydrogens is 382 g/mol. The van der Waals surface area contributed by atoms with Crippen molar-refractivity contribution in [2.24, 2.45) is 0 Å². The Morgan fingerprint density at radius 3 is 2.75 bits per heavy atom. The van der Waals surface area contributed by atoms with Crippen LogP contribution in [0.5, 0.6) is 0 Å². The molecule has 1 aliphatic heterocycles. The molecule has 2 N–H and O–H groups in total. The summed E-state index contributed by atoms with van der Waals surface area (Å²) in [6.45, 7) is 1.87. The van der Waals surface area contributed by atoms with E-state index in [-0.39, 0.29) is 18.0 Å². The molecular formula is C18H18ClN7O2. The van der Waals surface area contributed by atoms with Crippen LogP contribution >= 0.6 is 12.4 Å². The van der Waals surface area contributed by atoms with E-state index in [0.29, 0.717) is 28.8 Å². The smallest absolute Gasteiger partial charge is 0.263 e. The van der Waals surface area contributed by atoms with Crippen LogP contribution < -0.4 is 10.9 Å². The summed E-state index contributed by atoms with van der Waals surface area (Å²) in [6.07, 6.45) is 6.94. The summed E-state index contributed by atoms with van der Waals surface area (Å²) in [7, 11) is 0. The van der Waals surface area contributed by atoms with Gasteiger partial charge in [0.25, 0.3) is 11.4 Å². The molecule has 4 aromatic heterocycles. The second kappa shape index (κ2) is 7.53. The number of hydrogen-bond donors (Lipinski definition) is 2. The molecule has 5 heterocycles. The molecule has 0 bridgehead atoms. The predicted octanol–water partition coefficient (Wildman–Crippen LogP) is 2.02. The second-order valence-electron chi connectivity index (χ2n) is 6.56. The molecule has 28 heavy (non-hydrogen) atoms. The first-order valence-corrected chi connectivity index (χ1v) is 8.86. The summed E-state index contributed by atoms with van der Waals surface area (Å²) in [5.74, 6) is 1.07. The van der Waals surface area contributed by atoms with Gasteiger partial charge in [-0.05, 0) is 38.1 Å². The van der Waals surface area contributed by atoms with Crippen LogP contribution in [0.25, 0.3) is 28.5 Å². The molecule has 0 amide bonds. The Kier molecular flexibility index (Phi) is 4.93. The van der Waals surface area contributed by atoms with E-state index in [0.717, 1.165) is 37.2 Å². The SMILES string of the molecule is Cl.O=c1cc(C2CCNCC2)n2ncc(-c3nc(-c4ccncc4)no3)c2[nH]1. The monoisotopic (exact) mass is 399 g/mol. The highest BCUT2D eigenvalue weighted by molar-refractivity contribution is 5.85. The van der Waals surface area contributed by atoms with E-state index in [9.17, 15) is 4.79 Å². The van der Waals surface area contributed by atoms with Crippen LogP contribution in [0.4, 0.5) is 0 Å². The van der Waals surface area contributed by atoms with Crippen molar-refractivity contribution < 1.29 is 4.52 Å². The molecule has 1 aliphatic rings. The molecule has 10 heteroatoms. The number of nitrogens with zero attached hydrogens (tertiary/aromatic N) is 5. The summed E-state index contributed by atoms with van der Waals surface area (Å²) >= 11 is 0. The summed E-state index contributed by atoms with van der Waals surface area (Å²) in [5, 5.41) is 11.9. The average molecular weight is 400 g/mol. The molecule has 0 saturated carbocycles. The van der Waals surface area contributed by atoms with Gasteiger partial charge < -0.3 is 14.8 Å². The zero-order chi connectivity index (χ0) is 18.2. The maximum Gasteiger partial charge on any atom is 0.263 e. The summed E-state index contributed by atoms with van der Waals surface area (Å²) in [5.41, 5.74) is 2.74. The minimum absolute atomic E-state index is 0. The summed E-state index contributed by atoms with van der Waals surface area (Å²) in [4.78, 5) is 23.6. The lowest BCUT2D eigenvalue weighted by atomic mass is 9.94. The molecule has 0 atom stereocenters. The van der Waals surface area contributed by atoms with Crippen molar-refractivity contribution in [3.8, 4) is 22.8 Å². The number of H-pyrrole nitrogens is 1. The largest absolute Gasteiger partial charge is 0.333 e. The fraction of sp³-hybridized carbons (Fsp3) is 0.278. The van der Waals surface area contributed by atoms with Crippen LogP contribution in [0.1, 0.15) is 24.5 Å². The molecule has 0 aliphatic carbocycles. The van der Waals surface area contributed by atoms with Gasteiger partial charge in [0.05, 0.1) is 11.9 Å². The third-order valence-electron chi connectivity index (χ3n) is 4.89. The van der Waals surface area contributed by atoms with Gasteiger partial charge in [0.2, 0.25) is 5.82 Å². The van der Waals surface area contributed by atoms with Crippen LogP contribution in [-0.2, 0) is 0 Å². The molecule has 144 valence electrons. The number of pyridine rings is 1. The lowest BCUT2D eigenvalue weighted by Crippen LogP contribution is -2.28. The molecule has 5 rings (SSSR count). The van der Waals surface area contributed by atoms with E-state index in [4.69, 9.17) is 4.52 Å². The highest BCUT2D eigenvalue weighted by atomic mass is 35.5. The van der Waals surface area contributed by atoms with E-state index >= 15 is 0 Å². The van der Waals surface area contributed by atoms with Gasteiger partial charge in [-0.2, -0.15) is 10.1 Å². The highest BCUT2D eigenvalue weighted by Gasteiger charge is 2.22. The maximum atomic E-state index is 12.3. The Balaban J connectivity index is 0.00000192. The minimum Gasteiger partial charge on any atom is -0.333 e. The predicted molar refractivity (Wildman–Crippen MR) is 104 cm³/mol. The highest BCUT2D eigenvalue weighted by Crippen LogP contribution is 2.28. The fourth-order valence-electron chi connectivity index (χ4n) is 3.53. The number of aromatic amines is 1. The lowest BCUT2D eigenvalue weighted by molar-refractivity contribution is 0.432. The quantitative estimate of drug-likeness (QED) is 0.541. The van der Waals surface area contributed by atoms with Crippen LogP contribution in [0, 0.1) is 0 Å². The van der Waals surface area contributed by atoms with Gasteiger partial charge in [0.1, 0.15) is 11.2 Å². The molecule has 4 aromatic rings. The number of aromatic nitrogens is 6. The molecule has 0 spiro atoms. The van der Waals surface area contributed by atoms with Gasteiger partial charge in [0.15, 0.2) is 0 Å². The topological polar surface area (TPSA) is 114 Å². The van der Waals surface area contributed by atoms with Gasteiger partial charge in [0, 0.05) is 29.9 Å². The van der Waals surface area contributed by atoms with Crippen LogP contribution in [-0.4, -0.2) is 42.8 Å². The molecule has 0 unspecified atom stereocenters. The van der Waals surface area contributed by atoms with E-state index in [1.54, 1.807) is 29.2 Å². The molecule has 0 radical (unpaired) electrons. The van der Waals surface area contributed by atoms with Crippen molar-refractivity contribution in [2.45, 2.75) is 18.8 Å². The number of piperidine rings is 1. The van der Waals surface area contributed by atoms with Crippen LogP contribution in [0.3, 0.4) is 0 Å². The van der Waals surface area contributed by atoms with E-state index in [1.165, 1.54) is 0 Å². The number of fused-ring (bicyclic) bond motifs is 1. The van der Waals surface area contributed by atoms with E-state index in [2.05, 4.69) is 30.5 Å². The van der Waals surface area contributed by atoms with Crippen molar-refractivity contribution in [1.29, 1.82) is 0 Å². The zero-order valence-electron chi connectivity index (χ0n) is 14.8. The van der Waals surface area contributed by atoms with Crippen LogP contribution in [0.15, 0.2) is 46.1 Å². The van der Waals surface area contributed by atoms with Gasteiger partial charge in [-0.1, -0.05) is 5.16 Å². The Hall–Kier alpha value is -3.04. The molecule has 9 nitrogen and oxygen atoms in total. The van der Waals surface area contributed by atoms with Crippen molar-refractivity contribution >= 4 is 18.1 Å². The summed E-state index contributed by atoms with van der Waals surface area (Å²) < 4.78 is 7.21. The Bertz CT molecular complexity index is 1150. The number of halogens is 1. The number of hydrogen-bond acceptors (Lipinski definition) is 7. The normalized spacial score (nSPS) is 14.9. The van der Waals surface area contributed by atoms with E-state index < -0.39 is 0 Å².